The molecule has 2 atom stereocenters. The van der Waals surface area contributed by atoms with Crippen molar-refractivity contribution in [1.82, 2.24) is 0 Å². The van der Waals surface area contributed by atoms with Gasteiger partial charge in [-0.2, -0.15) is 0 Å². The van der Waals surface area contributed by atoms with Crippen molar-refractivity contribution in [2.24, 2.45) is 5.73 Å². The zero-order chi connectivity index (χ0) is 11.0. The Morgan fingerprint density at radius 2 is 2.06 bits per heavy atom. The van der Waals surface area contributed by atoms with Gasteiger partial charge in [0.25, 0.3) is 0 Å². The van der Waals surface area contributed by atoms with Gasteiger partial charge in [0.2, 0.25) is 0 Å². The Morgan fingerprint density at radius 1 is 1.25 bits per heavy atom. The molecule has 16 heavy (non-hydrogen) atoms. The highest BCUT2D eigenvalue weighted by Crippen LogP contribution is 2.44. The van der Waals surface area contributed by atoms with Crippen molar-refractivity contribution < 1.29 is 4.74 Å². The molecule has 0 aromatic carbocycles. The summed E-state index contributed by atoms with van der Waals surface area (Å²) in [5, 5.41) is 0. The van der Waals surface area contributed by atoms with Gasteiger partial charge in [-0.15, -0.1) is 0 Å². The van der Waals surface area contributed by atoms with Crippen LogP contribution in [0.15, 0.2) is 11.6 Å². The molecule has 90 valence electrons. The summed E-state index contributed by atoms with van der Waals surface area (Å²) in [5.74, 6) is 0. The molecule has 2 nitrogen and oxygen atoms in total. The molecule has 1 saturated heterocycles. The molecular weight excluding hydrogens is 198 g/mol. The van der Waals surface area contributed by atoms with Gasteiger partial charge in [-0.05, 0) is 44.9 Å². The van der Waals surface area contributed by atoms with E-state index >= 15 is 0 Å². The SMILES string of the molecule is NC1C=C(CC2CCC3(CCCC3)O2)CC1. The third kappa shape index (κ3) is 2.05. The Morgan fingerprint density at radius 3 is 2.75 bits per heavy atom. The van der Waals surface area contributed by atoms with Crippen molar-refractivity contribution in [2.75, 3.05) is 0 Å². The second-order valence-electron chi connectivity index (χ2n) is 5.90. The second-order valence-corrected chi connectivity index (χ2v) is 5.90. The van der Waals surface area contributed by atoms with E-state index in [-0.39, 0.29) is 0 Å². The van der Waals surface area contributed by atoms with Crippen LogP contribution in [0.1, 0.15) is 57.8 Å². The summed E-state index contributed by atoms with van der Waals surface area (Å²) in [6.45, 7) is 0. The minimum absolute atomic E-state index is 0.298. The Balaban J connectivity index is 1.56. The van der Waals surface area contributed by atoms with Crippen LogP contribution in [0.4, 0.5) is 0 Å². The van der Waals surface area contributed by atoms with E-state index in [1.165, 1.54) is 44.9 Å². The summed E-state index contributed by atoms with van der Waals surface area (Å²) in [4.78, 5) is 0. The minimum atomic E-state index is 0.298. The number of nitrogens with two attached hydrogens (primary N) is 1. The van der Waals surface area contributed by atoms with Crippen molar-refractivity contribution in [1.29, 1.82) is 0 Å². The van der Waals surface area contributed by atoms with Crippen LogP contribution in [-0.4, -0.2) is 17.7 Å². The van der Waals surface area contributed by atoms with Crippen molar-refractivity contribution in [2.45, 2.75) is 75.5 Å². The second kappa shape index (κ2) is 4.15. The van der Waals surface area contributed by atoms with Gasteiger partial charge in [0, 0.05) is 6.04 Å². The summed E-state index contributed by atoms with van der Waals surface area (Å²) in [5.41, 5.74) is 7.74. The molecule has 2 unspecified atom stereocenters. The fraction of sp³-hybridized carbons (Fsp3) is 0.857. The Bertz CT molecular complexity index is 291. The number of hydrogen-bond donors (Lipinski definition) is 1. The monoisotopic (exact) mass is 221 g/mol. The van der Waals surface area contributed by atoms with E-state index in [9.17, 15) is 0 Å². The standard InChI is InChI=1S/C14H23NO/c15-12-4-3-11(9-12)10-13-5-8-14(16-13)6-1-2-7-14/h9,12-13H,1-8,10,15H2. The van der Waals surface area contributed by atoms with Crippen molar-refractivity contribution in [3.63, 3.8) is 0 Å². The zero-order valence-corrected chi connectivity index (χ0v) is 10.1. The lowest BCUT2D eigenvalue weighted by Crippen LogP contribution is -2.24. The molecule has 0 amide bonds. The van der Waals surface area contributed by atoms with Crippen LogP contribution < -0.4 is 5.73 Å². The zero-order valence-electron chi connectivity index (χ0n) is 10.1. The van der Waals surface area contributed by atoms with E-state index in [4.69, 9.17) is 10.5 Å². The number of hydrogen-bond acceptors (Lipinski definition) is 2. The van der Waals surface area contributed by atoms with E-state index in [1.54, 1.807) is 5.57 Å². The maximum atomic E-state index is 6.33. The molecule has 0 aromatic heterocycles. The third-order valence-corrected chi connectivity index (χ3v) is 4.59. The minimum Gasteiger partial charge on any atom is -0.371 e. The molecular formula is C14H23NO. The highest BCUT2D eigenvalue weighted by molar-refractivity contribution is 5.14. The predicted molar refractivity (Wildman–Crippen MR) is 65.2 cm³/mol. The van der Waals surface area contributed by atoms with E-state index in [2.05, 4.69) is 6.08 Å². The molecule has 3 rings (SSSR count). The maximum absolute atomic E-state index is 6.33. The van der Waals surface area contributed by atoms with Gasteiger partial charge in [-0.1, -0.05) is 24.5 Å². The van der Waals surface area contributed by atoms with Crippen LogP contribution in [0, 0.1) is 0 Å². The van der Waals surface area contributed by atoms with Gasteiger partial charge in [0.05, 0.1) is 11.7 Å². The Hall–Kier alpha value is -0.340. The summed E-state index contributed by atoms with van der Waals surface area (Å²) >= 11 is 0. The first-order valence-corrected chi connectivity index (χ1v) is 6.89. The largest absolute Gasteiger partial charge is 0.371 e. The summed E-state index contributed by atoms with van der Waals surface area (Å²) in [6.07, 6.45) is 14.2. The Kier molecular flexibility index (Phi) is 2.80. The molecule has 2 fully saturated rings. The van der Waals surface area contributed by atoms with Crippen LogP contribution >= 0.6 is 0 Å². The van der Waals surface area contributed by atoms with Gasteiger partial charge in [0.1, 0.15) is 0 Å². The molecule has 0 aromatic rings. The average molecular weight is 221 g/mol. The molecule has 0 radical (unpaired) electrons. The summed E-state index contributed by atoms with van der Waals surface area (Å²) in [6, 6.07) is 0.317. The van der Waals surface area contributed by atoms with Crippen LogP contribution in [0.2, 0.25) is 0 Å². The molecule has 0 bridgehead atoms. The molecule has 1 spiro atoms. The van der Waals surface area contributed by atoms with Crippen LogP contribution in [0.25, 0.3) is 0 Å². The van der Waals surface area contributed by atoms with E-state index in [0.29, 0.717) is 17.7 Å². The molecule has 2 heteroatoms. The summed E-state index contributed by atoms with van der Waals surface area (Å²) in [7, 11) is 0. The Labute approximate surface area is 98.2 Å². The molecule has 1 aliphatic heterocycles. The van der Waals surface area contributed by atoms with E-state index in [1.807, 2.05) is 0 Å². The highest BCUT2D eigenvalue weighted by Gasteiger charge is 2.42. The van der Waals surface area contributed by atoms with Crippen LogP contribution in [-0.2, 0) is 4.74 Å². The number of ether oxygens (including phenoxy) is 1. The van der Waals surface area contributed by atoms with Crippen LogP contribution in [0.5, 0.6) is 0 Å². The fourth-order valence-electron chi connectivity index (χ4n) is 3.71. The maximum Gasteiger partial charge on any atom is 0.0687 e. The van der Waals surface area contributed by atoms with Gasteiger partial charge < -0.3 is 10.5 Å². The first-order chi connectivity index (χ1) is 7.76. The van der Waals surface area contributed by atoms with Crippen molar-refractivity contribution >= 4 is 0 Å². The average Bonchev–Trinajstić information content (AvgIpc) is 2.94. The van der Waals surface area contributed by atoms with Crippen molar-refractivity contribution in [3.05, 3.63) is 11.6 Å². The highest BCUT2D eigenvalue weighted by atomic mass is 16.5. The molecule has 2 aliphatic carbocycles. The molecule has 3 aliphatic rings. The normalized spacial score (nSPS) is 37.2. The van der Waals surface area contributed by atoms with Crippen LogP contribution in [0.3, 0.4) is 0 Å². The third-order valence-electron chi connectivity index (χ3n) is 4.59. The van der Waals surface area contributed by atoms with Gasteiger partial charge >= 0.3 is 0 Å². The van der Waals surface area contributed by atoms with Gasteiger partial charge in [-0.25, -0.2) is 0 Å². The molecule has 1 saturated carbocycles. The smallest absolute Gasteiger partial charge is 0.0687 e. The fourth-order valence-corrected chi connectivity index (χ4v) is 3.71. The first kappa shape index (κ1) is 10.8. The number of rotatable bonds is 2. The predicted octanol–water partition coefficient (Wildman–Crippen LogP) is 2.92. The topological polar surface area (TPSA) is 35.2 Å². The van der Waals surface area contributed by atoms with E-state index in [0.717, 1.165) is 12.8 Å². The quantitative estimate of drug-likeness (QED) is 0.728. The lowest BCUT2D eigenvalue weighted by Gasteiger charge is -2.24. The van der Waals surface area contributed by atoms with Crippen molar-refractivity contribution in [3.8, 4) is 0 Å². The molecule has 1 heterocycles. The lowest BCUT2D eigenvalue weighted by atomic mass is 9.97. The van der Waals surface area contributed by atoms with E-state index < -0.39 is 0 Å². The van der Waals surface area contributed by atoms with Gasteiger partial charge in [-0.3, -0.25) is 0 Å². The molecule has 2 N–H and O–H groups in total. The summed E-state index contributed by atoms with van der Waals surface area (Å²) < 4.78 is 6.33. The first-order valence-electron chi connectivity index (χ1n) is 6.89. The van der Waals surface area contributed by atoms with Gasteiger partial charge in [0.15, 0.2) is 0 Å². The lowest BCUT2D eigenvalue weighted by molar-refractivity contribution is -0.0356.